The molecule has 0 saturated carbocycles. The minimum absolute atomic E-state index is 0.150. The molecule has 3 heterocycles. The maximum absolute atomic E-state index is 12.1. The van der Waals surface area contributed by atoms with Crippen LogP contribution in [0.2, 0.25) is 0 Å². The lowest BCUT2D eigenvalue weighted by Gasteiger charge is -2.43. The smallest absolute Gasteiger partial charge is 0.312 e. The molecule has 112 valence electrons. The largest absolute Gasteiger partial charge is 0.378 e. The first-order valence-electron chi connectivity index (χ1n) is 7.68. The minimum Gasteiger partial charge on any atom is -0.378 e. The second-order valence-corrected chi connectivity index (χ2v) is 5.88. The van der Waals surface area contributed by atoms with Gasteiger partial charge in [0.05, 0.1) is 12.1 Å². The fourth-order valence-electron chi connectivity index (χ4n) is 3.36. The molecule has 2 amide bonds. The number of rotatable bonds is 4. The van der Waals surface area contributed by atoms with Crippen molar-refractivity contribution < 1.29 is 14.3 Å². The lowest BCUT2D eigenvalue weighted by molar-refractivity contribution is -0.159. The molecule has 1 N–H and O–H groups in total. The average molecular weight is 281 g/mol. The van der Waals surface area contributed by atoms with E-state index in [-0.39, 0.29) is 17.9 Å². The van der Waals surface area contributed by atoms with Crippen molar-refractivity contribution in [2.45, 2.75) is 37.8 Å². The molecule has 0 aromatic rings. The first-order valence-corrected chi connectivity index (χ1v) is 7.68. The normalized spacial score (nSPS) is 30.8. The van der Waals surface area contributed by atoms with Crippen LogP contribution in [0.5, 0.6) is 0 Å². The van der Waals surface area contributed by atoms with Crippen molar-refractivity contribution in [3.8, 4) is 0 Å². The third-order valence-electron chi connectivity index (χ3n) is 4.49. The van der Waals surface area contributed by atoms with Gasteiger partial charge in [-0.15, -0.1) is 0 Å². The van der Waals surface area contributed by atoms with Crippen LogP contribution in [0.15, 0.2) is 0 Å². The van der Waals surface area contributed by atoms with E-state index >= 15 is 0 Å². The molecular formula is C14H23N3O3. The second-order valence-electron chi connectivity index (χ2n) is 5.88. The lowest BCUT2D eigenvalue weighted by Crippen LogP contribution is -2.65. The highest BCUT2D eigenvalue weighted by molar-refractivity contribution is 6.35. The Hall–Kier alpha value is -1.14. The van der Waals surface area contributed by atoms with Crippen LogP contribution in [0.1, 0.15) is 25.7 Å². The molecule has 3 aliphatic heterocycles. The van der Waals surface area contributed by atoms with Crippen LogP contribution in [-0.2, 0) is 14.3 Å². The molecule has 2 unspecified atom stereocenters. The van der Waals surface area contributed by atoms with E-state index in [0.29, 0.717) is 25.7 Å². The van der Waals surface area contributed by atoms with Gasteiger partial charge in [0.25, 0.3) is 0 Å². The Labute approximate surface area is 119 Å². The third kappa shape index (κ3) is 2.81. The summed E-state index contributed by atoms with van der Waals surface area (Å²) in [5.74, 6) is -0.643. The Balaban J connectivity index is 1.50. The van der Waals surface area contributed by atoms with Crippen LogP contribution in [0, 0.1) is 0 Å². The molecule has 0 radical (unpaired) electrons. The Kier molecular flexibility index (Phi) is 4.21. The van der Waals surface area contributed by atoms with Crippen molar-refractivity contribution in [1.29, 1.82) is 0 Å². The number of hydrogen-bond donors (Lipinski definition) is 1. The third-order valence-corrected chi connectivity index (χ3v) is 4.49. The molecule has 20 heavy (non-hydrogen) atoms. The Bertz CT molecular complexity index is 382. The molecule has 3 saturated heterocycles. The Morgan fingerprint density at radius 3 is 3.00 bits per heavy atom. The predicted octanol–water partition coefficient (Wildman–Crippen LogP) is -0.412. The van der Waals surface area contributed by atoms with Crippen molar-refractivity contribution in [2.75, 3.05) is 39.3 Å². The summed E-state index contributed by atoms with van der Waals surface area (Å²) in [7, 11) is 0. The number of ether oxygens (including phenoxy) is 1. The van der Waals surface area contributed by atoms with Crippen molar-refractivity contribution >= 4 is 11.8 Å². The maximum Gasteiger partial charge on any atom is 0.312 e. The molecule has 6 nitrogen and oxygen atoms in total. The van der Waals surface area contributed by atoms with E-state index in [2.05, 4.69) is 5.32 Å². The highest BCUT2D eigenvalue weighted by Gasteiger charge is 2.39. The van der Waals surface area contributed by atoms with Gasteiger partial charge in [0.2, 0.25) is 0 Å². The van der Waals surface area contributed by atoms with Crippen molar-refractivity contribution in [3.63, 3.8) is 0 Å². The van der Waals surface area contributed by atoms with Crippen molar-refractivity contribution in [3.05, 3.63) is 0 Å². The number of piperazine rings is 2. The van der Waals surface area contributed by atoms with Gasteiger partial charge in [-0.05, 0) is 25.7 Å². The van der Waals surface area contributed by atoms with E-state index in [0.717, 1.165) is 45.4 Å². The number of nitrogens with one attached hydrogen (secondary N) is 1. The molecule has 3 rings (SSSR count). The van der Waals surface area contributed by atoms with Crippen LogP contribution >= 0.6 is 0 Å². The monoisotopic (exact) mass is 281 g/mol. The van der Waals surface area contributed by atoms with E-state index in [9.17, 15) is 9.59 Å². The zero-order chi connectivity index (χ0) is 13.9. The van der Waals surface area contributed by atoms with Gasteiger partial charge in [0, 0.05) is 39.3 Å². The second kappa shape index (κ2) is 6.10. The lowest BCUT2D eigenvalue weighted by atomic mass is 10.1. The van der Waals surface area contributed by atoms with E-state index in [1.807, 2.05) is 0 Å². The highest BCUT2D eigenvalue weighted by Crippen LogP contribution is 2.19. The van der Waals surface area contributed by atoms with Gasteiger partial charge in [0.1, 0.15) is 0 Å². The summed E-state index contributed by atoms with van der Waals surface area (Å²) < 4.78 is 5.59. The zero-order valence-electron chi connectivity index (χ0n) is 11.8. The molecule has 0 bridgehead atoms. The van der Waals surface area contributed by atoms with Gasteiger partial charge in [-0.2, -0.15) is 0 Å². The molecule has 0 spiro atoms. The quantitative estimate of drug-likeness (QED) is 0.712. The Morgan fingerprint density at radius 2 is 2.20 bits per heavy atom. The van der Waals surface area contributed by atoms with Gasteiger partial charge in [0.15, 0.2) is 0 Å². The van der Waals surface area contributed by atoms with E-state index < -0.39 is 0 Å². The van der Waals surface area contributed by atoms with E-state index in [1.54, 1.807) is 9.80 Å². The molecule has 0 aromatic carbocycles. The van der Waals surface area contributed by atoms with Gasteiger partial charge < -0.3 is 19.9 Å². The molecule has 0 aliphatic carbocycles. The molecule has 3 fully saturated rings. The van der Waals surface area contributed by atoms with Crippen LogP contribution in [0.4, 0.5) is 0 Å². The first-order chi connectivity index (χ1) is 9.75. The highest BCUT2D eigenvalue weighted by atomic mass is 16.5. The molecule has 6 heteroatoms. The summed E-state index contributed by atoms with van der Waals surface area (Å²) in [5, 5.41) is 3.29. The zero-order valence-corrected chi connectivity index (χ0v) is 11.8. The fraction of sp³-hybridized carbons (Fsp3) is 0.857. The van der Waals surface area contributed by atoms with Crippen molar-refractivity contribution in [2.24, 2.45) is 0 Å². The number of carbonyl (C=O) groups excluding carboxylic acids is 2. The predicted molar refractivity (Wildman–Crippen MR) is 73.2 cm³/mol. The van der Waals surface area contributed by atoms with Gasteiger partial charge in [-0.1, -0.05) is 0 Å². The maximum atomic E-state index is 12.1. The molecule has 3 aliphatic rings. The van der Waals surface area contributed by atoms with Crippen LogP contribution in [0.25, 0.3) is 0 Å². The van der Waals surface area contributed by atoms with Crippen LogP contribution in [0.3, 0.4) is 0 Å². The summed E-state index contributed by atoms with van der Waals surface area (Å²) >= 11 is 0. The van der Waals surface area contributed by atoms with Gasteiger partial charge in [-0.3, -0.25) is 9.59 Å². The number of nitrogens with zero attached hydrogens (tertiary/aromatic N) is 2. The molecule has 0 aromatic heterocycles. The first kappa shape index (κ1) is 13.8. The summed E-state index contributed by atoms with van der Waals surface area (Å²) in [6.45, 7) is 4.45. The molecule has 2 atom stereocenters. The number of carbonyl (C=O) groups is 2. The topological polar surface area (TPSA) is 61.9 Å². The summed E-state index contributed by atoms with van der Waals surface area (Å²) in [6, 6.07) is 0.150. The van der Waals surface area contributed by atoms with E-state index in [4.69, 9.17) is 4.74 Å². The van der Waals surface area contributed by atoms with Crippen LogP contribution < -0.4 is 5.32 Å². The molecular weight excluding hydrogens is 258 g/mol. The average Bonchev–Trinajstić information content (AvgIpc) is 2.97. The Morgan fingerprint density at radius 1 is 1.30 bits per heavy atom. The van der Waals surface area contributed by atoms with Gasteiger partial charge >= 0.3 is 11.8 Å². The standard InChI is InChI=1S/C14H23N3O3/c18-13-14(19)17-7-5-15-9-11(17)10-16(13)6-1-3-12-4-2-8-20-12/h11-12,15H,1-10H2. The SMILES string of the molecule is O=C1C(=O)N2CCNCC2CN1CCCC1CCCO1. The number of fused-ring (bicyclic) bond motifs is 1. The van der Waals surface area contributed by atoms with Gasteiger partial charge in [-0.25, -0.2) is 0 Å². The number of amides is 2. The van der Waals surface area contributed by atoms with E-state index in [1.165, 1.54) is 0 Å². The van der Waals surface area contributed by atoms with Crippen LogP contribution in [-0.4, -0.2) is 73.1 Å². The summed E-state index contributed by atoms with van der Waals surface area (Å²) in [6.07, 6.45) is 4.55. The van der Waals surface area contributed by atoms with Crippen molar-refractivity contribution in [1.82, 2.24) is 15.1 Å². The minimum atomic E-state index is -0.324. The fourth-order valence-corrected chi connectivity index (χ4v) is 3.36. The number of hydrogen-bond acceptors (Lipinski definition) is 4. The summed E-state index contributed by atoms with van der Waals surface area (Å²) in [4.78, 5) is 27.6. The summed E-state index contributed by atoms with van der Waals surface area (Å²) in [5.41, 5.74) is 0.